The molecule has 0 aliphatic carbocycles. The normalized spacial score (nSPS) is 19.1. The fourth-order valence-corrected chi connectivity index (χ4v) is 4.38. The molecule has 0 bridgehead atoms. The van der Waals surface area contributed by atoms with Crippen LogP contribution in [-0.4, -0.2) is 37.0 Å². The van der Waals surface area contributed by atoms with E-state index in [2.05, 4.69) is 5.32 Å². The molecule has 3 nitrogen and oxygen atoms in total. The van der Waals surface area contributed by atoms with Crippen LogP contribution in [0.4, 0.5) is 4.39 Å². The van der Waals surface area contributed by atoms with E-state index >= 15 is 0 Å². The van der Waals surface area contributed by atoms with Gasteiger partial charge in [0.25, 0.3) is 5.91 Å². The molecule has 2 aromatic carbocycles. The second kappa shape index (κ2) is 6.84. The number of hydrogen-bond acceptors (Lipinski definition) is 2. The molecule has 2 saturated heterocycles. The van der Waals surface area contributed by atoms with Crippen molar-refractivity contribution in [3.63, 3.8) is 0 Å². The van der Waals surface area contributed by atoms with Crippen LogP contribution in [0.25, 0.3) is 11.1 Å². The number of halogens is 1. The average molecular weight is 352 g/mol. The van der Waals surface area contributed by atoms with Gasteiger partial charge in [-0.2, -0.15) is 0 Å². The number of carbonyl (C=O) groups is 1. The zero-order valence-electron chi connectivity index (χ0n) is 15.2. The molecule has 2 fully saturated rings. The molecule has 1 spiro atoms. The maximum atomic E-state index is 13.7. The number of amides is 1. The highest BCUT2D eigenvalue weighted by atomic mass is 19.1. The minimum atomic E-state index is -0.255. The molecule has 2 aromatic rings. The van der Waals surface area contributed by atoms with E-state index in [4.69, 9.17) is 0 Å². The zero-order valence-corrected chi connectivity index (χ0v) is 15.2. The number of aryl methyl sites for hydroxylation is 1. The fourth-order valence-electron chi connectivity index (χ4n) is 4.38. The monoisotopic (exact) mass is 352 g/mol. The van der Waals surface area contributed by atoms with Crippen molar-refractivity contribution in [3.05, 3.63) is 59.4 Å². The van der Waals surface area contributed by atoms with E-state index in [1.54, 1.807) is 12.1 Å². The number of nitrogens with zero attached hydrogens (tertiary/aromatic N) is 1. The van der Waals surface area contributed by atoms with Gasteiger partial charge in [-0.3, -0.25) is 4.79 Å². The summed E-state index contributed by atoms with van der Waals surface area (Å²) in [5, 5.41) is 3.41. The molecule has 1 amide bonds. The molecule has 26 heavy (non-hydrogen) atoms. The van der Waals surface area contributed by atoms with Gasteiger partial charge < -0.3 is 10.2 Å². The largest absolute Gasteiger partial charge is 0.338 e. The lowest BCUT2D eigenvalue weighted by Gasteiger charge is -2.33. The van der Waals surface area contributed by atoms with Gasteiger partial charge in [0.2, 0.25) is 0 Å². The number of rotatable bonds is 2. The van der Waals surface area contributed by atoms with Gasteiger partial charge in [0, 0.05) is 18.7 Å². The molecule has 2 heterocycles. The van der Waals surface area contributed by atoms with Crippen LogP contribution < -0.4 is 5.32 Å². The Bertz CT molecular complexity index is 827. The Morgan fingerprint density at radius 3 is 2.73 bits per heavy atom. The van der Waals surface area contributed by atoms with E-state index in [0.29, 0.717) is 11.0 Å². The predicted molar refractivity (Wildman–Crippen MR) is 102 cm³/mol. The Hall–Kier alpha value is -2.20. The minimum Gasteiger partial charge on any atom is -0.338 e. The number of benzene rings is 2. The summed E-state index contributed by atoms with van der Waals surface area (Å²) in [5.74, 6) is -0.161. The molecule has 0 unspecified atom stereocenters. The van der Waals surface area contributed by atoms with Gasteiger partial charge in [-0.15, -0.1) is 0 Å². The van der Waals surface area contributed by atoms with Crippen LogP contribution in [-0.2, 0) is 0 Å². The molecule has 0 atom stereocenters. The Labute approximate surface area is 154 Å². The smallest absolute Gasteiger partial charge is 0.253 e. The van der Waals surface area contributed by atoms with Gasteiger partial charge in [0.1, 0.15) is 5.82 Å². The van der Waals surface area contributed by atoms with Gasteiger partial charge in [-0.25, -0.2) is 4.39 Å². The summed E-state index contributed by atoms with van der Waals surface area (Å²) in [6, 6.07) is 12.4. The van der Waals surface area contributed by atoms with E-state index in [1.165, 1.54) is 6.07 Å². The molecule has 0 radical (unpaired) electrons. The van der Waals surface area contributed by atoms with Crippen molar-refractivity contribution in [2.75, 3.05) is 26.2 Å². The van der Waals surface area contributed by atoms with Crippen molar-refractivity contribution in [2.45, 2.75) is 26.2 Å². The first kappa shape index (κ1) is 17.2. The summed E-state index contributed by atoms with van der Waals surface area (Å²) in [6.45, 7) is 5.76. The molecule has 2 aliphatic heterocycles. The highest BCUT2D eigenvalue weighted by molar-refractivity contribution is 5.95. The van der Waals surface area contributed by atoms with Crippen molar-refractivity contribution in [2.24, 2.45) is 5.41 Å². The number of likely N-dealkylation sites (tertiary alicyclic amines) is 1. The van der Waals surface area contributed by atoms with Crippen molar-refractivity contribution >= 4 is 5.91 Å². The van der Waals surface area contributed by atoms with Crippen molar-refractivity contribution in [1.29, 1.82) is 0 Å². The standard InChI is InChI=1S/C22H25FN2O/c1-16-5-6-19(23)14-20(16)17-3-2-4-18(13-17)21(26)25-12-9-22(15-25)7-10-24-11-8-22/h2-6,13-14,24H,7-12,15H2,1H3. The molecule has 4 rings (SSSR count). The van der Waals surface area contributed by atoms with E-state index < -0.39 is 0 Å². The summed E-state index contributed by atoms with van der Waals surface area (Å²) in [7, 11) is 0. The lowest BCUT2D eigenvalue weighted by Crippen LogP contribution is -2.39. The number of piperidine rings is 1. The van der Waals surface area contributed by atoms with E-state index in [-0.39, 0.29) is 11.7 Å². The highest BCUT2D eigenvalue weighted by Crippen LogP contribution is 2.39. The van der Waals surface area contributed by atoms with Gasteiger partial charge in [-0.1, -0.05) is 18.2 Å². The first-order valence-corrected chi connectivity index (χ1v) is 9.43. The summed E-state index contributed by atoms with van der Waals surface area (Å²) in [4.78, 5) is 15.0. The Morgan fingerprint density at radius 1 is 1.12 bits per heavy atom. The van der Waals surface area contributed by atoms with E-state index in [1.807, 2.05) is 36.1 Å². The fraction of sp³-hybridized carbons (Fsp3) is 0.409. The molecule has 2 aliphatic rings. The summed E-state index contributed by atoms with van der Waals surface area (Å²) in [5.41, 5.74) is 3.74. The second-order valence-electron chi connectivity index (χ2n) is 7.77. The first-order valence-electron chi connectivity index (χ1n) is 9.43. The SMILES string of the molecule is Cc1ccc(F)cc1-c1cccc(C(=O)N2CCC3(CCNCC3)C2)c1. The van der Waals surface area contributed by atoms with Crippen molar-refractivity contribution in [3.8, 4) is 11.1 Å². The highest BCUT2D eigenvalue weighted by Gasteiger charge is 2.40. The Balaban J connectivity index is 1.57. The van der Waals surface area contributed by atoms with Crippen molar-refractivity contribution in [1.82, 2.24) is 10.2 Å². The molecule has 136 valence electrons. The zero-order chi connectivity index (χ0) is 18.1. The van der Waals surface area contributed by atoms with Gasteiger partial charge in [0.05, 0.1) is 0 Å². The van der Waals surface area contributed by atoms with Crippen molar-refractivity contribution < 1.29 is 9.18 Å². The maximum Gasteiger partial charge on any atom is 0.253 e. The van der Waals surface area contributed by atoms with Crippen LogP contribution in [0, 0.1) is 18.2 Å². The van der Waals surface area contributed by atoms with Crippen LogP contribution in [0.2, 0.25) is 0 Å². The molecule has 4 heteroatoms. The number of hydrogen-bond donors (Lipinski definition) is 1. The third-order valence-corrected chi connectivity index (χ3v) is 6.01. The lowest BCUT2D eigenvalue weighted by atomic mass is 9.78. The molecule has 0 saturated carbocycles. The third-order valence-electron chi connectivity index (χ3n) is 6.01. The van der Waals surface area contributed by atoms with Crippen LogP contribution in [0.15, 0.2) is 42.5 Å². The summed E-state index contributed by atoms with van der Waals surface area (Å²) in [6.07, 6.45) is 3.40. The average Bonchev–Trinajstić information content (AvgIpc) is 3.07. The van der Waals surface area contributed by atoms with Crippen LogP contribution in [0.5, 0.6) is 0 Å². The molecule has 1 N–H and O–H groups in total. The van der Waals surface area contributed by atoms with Gasteiger partial charge >= 0.3 is 0 Å². The van der Waals surface area contributed by atoms with E-state index in [0.717, 1.165) is 62.1 Å². The molecule has 0 aromatic heterocycles. The summed E-state index contributed by atoms with van der Waals surface area (Å²) < 4.78 is 13.7. The van der Waals surface area contributed by atoms with Gasteiger partial charge in [0.15, 0.2) is 0 Å². The Morgan fingerprint density at radius 2 is 1.92 bits per heavy atom. The minimum absolute atomic E-state index is 0.0938. The third kappa shape index (κ3) is 3.26. The first-order chi connectivity index (χ1) is 12.6. The van der Waals surface area contributed by atoms with Gasteiger partial charge in [-0.05, 0) is 85.6 Å². The lowest BCUT2D eigenvalue weighted by molar-refractivity contribution is 0.0762. The predicted octanol–water partition coefficient (Wildman–Crippen LogP) is 4.02. The van der Waals surface area contributed by atoms with Crippen LogP contribution in [0.3, 0.4) is 0 Å². The van der Waals surface area contributed by atoms with Crippen LogP contribution in [0.1, 0.15) is 35.2 Å². The van der Waals surface area contributed by atoms with E-state index in [9.17, 15) is 9.18 Å². The quantitative estimate of drug-likeness (QED) is 0.885. The Kier molecular flexibility index (Phi) is 4.53. The molecular formula is C22H25FN2O. The topological polar surface area (TPSA) is 32.3 Å². The number of nitrogens with one attached hydrogen (secondary N) is 1. The molecular weight excluding hydrogens is 327 g/mol. The van der Waals surface area contributed by atoms with Crippen LogP contribution >= 0.6 is 0 Å². The number of carbonyl (C=O) groups excluding carboxylic acids is 1. The second-order valence-corrected chi connectivity index (χ2v) is 7.77. The maximum absolute atomic E-state index is 13.7. The summed E-state index contributed by atoms with van der Waals surface area (Å²) >= 11 is 0.